The van der Waals surface area contributed by atoms with Gasteiger partial charge in [-0.25, -0.2) is 0 Å². The van der Waals surface area contributed by atoms with Gasteiger partial charge in [-0.3, -0.25) is 4.79 Å². The molecule has 1 heterocycles. The van der Waals surface area contributed by atoms with E-state index in [0.29, 0.717) is 6.54 Å². The van der Waals surface area contributed by atoms with Crippen LogP contribution in [0, 0.1) is 5.41 Å². The van der Waals surface area contributed by atoms with Gasteiger partial charge in [-0.2, -0.15) is 0 Å². The minimum atomic E-state index is 0. The number of carbonyl (C=O) groups is 1. The molecule has 96 valence electrons. The van der Waals surface area contributed by atoms with Crippen LogP contribution in [0.3, 0.4) is 0 Å². The fraction of sp³-hybridized carbons (Fsp3) is 0.909. The highest BCUT2D eigenvalue weighted by molar-refractivity contribution is 5.85. The first-order valence-corrected chi connectivity index (χ1v) is 5.52. The number of methoxy groups -OCH3 is 1. The molecular weight excluding hydrogens is 228 g/mol. The van der Waals surface area contributed by atoms with Crippen LogP contribution in [0.1, 0.15) is 19.8 Å². The number of amides is 1. The third kappa shape index (κ3) is 4.28. The highest BCUT2D eigenvalue weighted by Crippen LogP contribution is 2.30. The van der Waals surface area contributed by atoms with Crippen molar-refractivity contribution in [2.24, 2.45) is 5.41 Å². The molecule has 16 heavy (non-hydrogen) atoms. The van der Waals surface area contributed by atoms with Gasteiger partial charge < -0.3 is 15.0 Å². The van der Waals surface area contributed by atoms with Gasteiger partial charge in [0.15, 0.2) is 0 Å². The zero-order chi connectivity index (χ0) is 11.3. The van der Waals surface area contributed by atoms with Gasteiger partial charge in [0, 0.05) is 20.2 Å². The lowest BCUT2D eigenvalue weighted by Crippen LogP contribution is -2.46. The smallest absolute Gasteiger partial charge is 0.236 e. The van der Waals surface area contributed by atoms with E-state index in [1.807, 2.05) is 4.90 Å². The van der Waals surface area contributed by atoms with E-state index >= 15 is 0 Å². The molecule has 1 saturated heterocycles. The van der Waals surface area contributed by atoms with Crippen molar-refractivity contribution in [2.45, 2.75) is 19.8 Å². The fourth-order valence-corrected chi connectivity index (χ4v) is 2.05. The molecule has 0 saturated carbocycles. The Morgan fingerprint density at radius 3 is 2.44 bits per heavy atom. The standard InChI is InChI=1S/C11H22N2O2.ClH/c1-11(9-15-3)4-6-13(7-5-11)10(14)8-12-2;/h12H,4-9H2,1-3H3;1H. The van der Waals surface area contributed by atoms with Crippen LogP contribution in [0.4, 0.5) is 0 Å². The monoisotopic (exact) mass is 250 g/mol. The predicted molar refractivity (Wildman–Crippen MR) is 67.0 cm³/mol. The normalized spacial score (nSPS) is 19.1. The molecule has 1 aliphatic heterocycles. The summed E-state index contributed by atoms with van der Waals surface area (Å²) >= 11 is 0. The number of likely N-dealkylation sites (tertiary alicyclic amines) is 1. The Balaban J connectivity index is 0.00000225. The quantitative estimate of drug-likeness (QED) is 0.806. The van der Waals surface area contributed by atoms with E-state index in [0.717, 1.165) is 32.5 Å². The van der Waals surface area contributed by atoms with Crippen molar-refractivity contribution in [1.29, 1.82) is 0 Å². The Bertz CT molecular complexity index is 216. The van der Waals surface area contributed by atoms with Crippen molar-refractivity contribution >= 4 is 18.3 Å². The maximum absolute atomic E-state index is 11.6. The summed E-state index contributed by atoms with van der Waals surface area (Å²) in [6, 6.07) is 0. The summed E-state index contributed by atoms with van der Waals surface area (Å²) in [6.07, 6.45) is 2.08. The van der Waals surface area contributed by atoms with Gasteiger partial charge in [0.2, 0.25) is 5.91 Å². The number of rotatable bonds is 4. The van der Waals surface area contributed by atoms with Crippen molar-refractivity contribution in [2.75, 3.05) is 40.4 Å². The highest BCUT2D eigenvalue weighted by atomic mass is 35.5. The van der Waals surface area contributed by atoms with Gasteiger partial charge >= 0.3 is 0 Å². The molecule has 1 amide bonds. The average Bonchev–Trinajstić information content (AvgIpc) is 2.19. The van der Waals surface area contributed by atoms with Crippen molar-refractivity contribution in [3.8, 4) is 0 Å². The van der Waals surface area contributed by atoms with E-state index in [4.69, 9.17) is 4.74 Å². The molecule has 0 aromatic carbocycles. The van der Waals surface area contributed by atoms with Crippen LogP contribution in [0.5, 0.6) is 0 Å². The Labute approximate surface area is 104 Å². The number of carbonyl (C=O) groups excluding carboxylic acids is 1. The van der Waals surface area contributed by atoms with Crippen molar-refractivity contribution in [1.82, 2.24) is 10.2 Å². The second-order valence-electron chi connectivity index (χ2n) is 4.65. The lowest BCUT2D eigenvalue weighted by atomic mass is 9.81. The summed E-state index contributed by atoms with van der Waals surface area (Å²) in [6.45, 7) is 5.19. The largest absolute Gasteiger partial charge is 0.384 e. The van der Waals surface area contributed by atoms with Crippen molar-refractivity contribution in [3.05, 3.63) is 0 Å². The van der Waals surface area contributed by atoms with Crippen LogP contribution < -0.4 is 5.32 Å². The van der Waals surface area contributed by atoms with E-state index in [1.165, 1.54) is 0 Å². The van der Waals surface area contributed by atoms with Gasteiger partial charge in [-0.15, -0.1) is 12.4 Å². The van der Waals surface area contributed by atoms with Gasteiger partial charge in [0.1, 0.15) is 0 Å². The Morgan fingerprint density at radius 2 is 2.00 bits per heavy atom. The number of likely N-dealkylation sites (N-methyl/N-ethyl adjacent to an activating group) is 1. The van der Waals surface area contributed by atoms with E-state index in [1.54, 1.807) is 14.2 Å². The SMILES string of the molecule is CNCC(=O)N1CCC(C)(COC)CC1.Cl. The van der Waals surface area contributed by atoms with Crippen LogP contribution in [0.25, 0.3) is 0 Å². The summed E-state index contributed by atoms with van der Waals surface area (Å²) in [4.78, 5) is 13.5. The molecule has 0 aromatic heterocycles. The molecule has 0 aliphatic carbocycles. The zero-order valence-electron chi connectivity index (χ0n) is 10.4. The summed E-state index contributed by atoms with van der Waals surface area (Å²) in [5.41, 5.74) is 0.255. The predicted octanol–water partition coefficient (Wildman–Crippen LogP) is 0.903. The maximum atomic E-state index is 11.6. The molecule has 1 rings (SSSR count). The second-order valence-corrected chi connectivity index (χ2v) is 4.65. The fourth-order valence-electron chi connectivity index (χ4n) is 2.05. The van der Waals surface area contributed by atoms with Crippen LogP contribution >= 0.6 is 12.4 Å². The summed E-state index contributed by atoms with van der Waals surface area (Å²) in [5.74, 6) is 0.206. The number of halogens is 1. The molecule has 1 aliphatic rings. The molecule has 0 unspecified atom stereocenters. The van der Waals surface area contributed by atoms with Crippen LogP contribution in [0.2, 0.25) is 0 Å². The summed E-state index contributed by atoms with van der Waals surface area (Å²) in [5, 5.41) is 2.89. The molecule has 0 radical (unpaired) electrons. The molecular formula is C11H23ClN2O2. The third-order valence-corrected chi connectivity index (χ3v) is 3.14. The molecule has 0 aromatic rings. The third-order valence-electron chi connectivity index (χ3n) is 3.14. The van der Waals surface area contributed by atoms with Crippen molar-refractivity contribution in [3.63, 3.8) is 0 Å². The van der Waals surface area contributed by atoms with Crippen LogP contribution in [-0.4, -0.2) is 51.2 Å². The minimum Gasteiger partial charge on any atom is -0.384 e. The molecule has 5 heteroatoms. The molecule has 4 nitrogen and oxygen atoms in total. The van der Waals surface area contributed by atoms with Gasteiger partial charge in [0.25, 0.3) is 0 Å². The number of piperidine rings is 1. The van der Waals surface area contributed by atoms with Crippen molar-refractivity contribution < 1.29 is 9.53 Å². The van der Waals surface area contributed by atoms with Gasteiger partial charge in [-0.05, 0) is 25.3 Å². The molecule has 0 spiro atoms. The van der Waals surface area contributed by atoms with E-state index < -0.39 is 0 Å². The van der Waals surface area contributed by atoms with E-state index in [9.17, 15) is 4.79 Å². The number of hydrogen-bond donors (Lipinski definition) is 1. The minimum absolute atomic E-state index is 0. The molecule has 1 N–H and O–H groups in total. The molecule has 1 fully saturated rings. The lowest BCUT2D eigenvalue weighted by molar-refractivity contribution is -0.132. The lowest BCUT2D eigenvalue weighted by Gasteiger charge is -2.38. The van der Waals surface area contributed by atoms with Gasteiger partial charge in [-0.1, -0.05) is 6.92 Å². The van der Waals surface area contributed by atoms with E-state index in [2.05, 4.69) is 12.2 Å². The molecule has 0 bridgehead atoms. The molecule has 0 atom stereocenters. The second kappa shape index (κ2) is 7.09. The van der Waals surface area contributed by atoms with Gasteiger partial charge in [0.05, 0.1) is 13.2 Å². The average molecular weight is 251 g/mol. The Morgan fingerprint density at radius 1 is 1.44 bits per heavy atom. The topological polar surface area (TPSA) is 41.6 Å². The summed E-state index contributed by atoms with van der Waals surface area (Å²) in [7, 11) is 3.54. The summed E-state index contributed by atoms with van der Waals surface area (Å²) < 4.78 is 5.21. The van der Waals surface area contributed by atoms with Crippen LogP contribution in [0.15, 0.2) is 0 Å². The number of hydrogen-bond acceptors (Lipinski definition) is 3. The zero-order valence-corrected chi connectivity index (χ0v) is 11.2. The first kappa shape index (κ1) is 15.7. The number of nitrogens with one attached hydrogen (secondary N) is 1. The van der Waals surface area contributed by atoms with Crippen LogP contribution in [-0.2, 0) is 9.53 Å². The maximum Gasteiger partial charge on any atom is 0.236 e. The number of ether oxygens (including phenoxy) is 1. The Kier molecular flexibility index (Phi) is 6.95. The number of nitrogens with zero attached hydrogens (tertiary/aromatic N) is 1. The highest BCUT2D eigenvalue weighted by Gasteiger charge is 2.31. The Hall–Kier alpha value is -0.320. The van der Waals surface area contributed by atoms with E-state index in [-0.39, 0.29) is 23.7 Å². The first-order valence-electron chi connectivity index (χ1n) is 5.52. The first-order chi connectivity index (χ1) is 7.11.